The molecule has 0 atom stereocenters. The summed E-state index contributed by atoms with van der Waals surface area (Å²) in [5.74, 6) is 0.642. The predicted molar refractivity (Wildman–Crippen MR) is 142 cm³/mol. The van der Waals surface area contributed by atoms with E-state index in [0.717, 1.165) is 54.6 Å². The van der Waals surface area contributed by atoms with Gasteiger partial charge in [0.2, 0.25) is 6.41 Å². The second-order valence-electron chi connectivity index (χ2n) is 10.00. The minimum atomic E-state index is -0.416. The molecule has 0 aliphatic heterocycles. The number of aromatic amines is 1. The third-order valence-electron chi connectivity index (χ3n) is 5.73. The van der Waals surface area contributed by atoms with Crippen LogP contribution in [0.3, 0.4) is 0 Å². The Labute approximate surface area is 213 Å². The van der Waals surface area contributed by atoms with E-state index in [1.807, 2.05) is 57.2 Å². The van der Waals surface area contributed by atoms with E-state index >= 15 is 0 Å². The second-order valence-corrected chi connectivity index (χ2v) is 10.00. The van der Waals surface area contributed by atoms with Gasteiger partial charge in [0.1, 0.15) is 11.4 Å². The summed E-state index contributed by atoms with van der Waals surface area (Å²) in [6.45, 7) is 8.45. The molecule has 8 heteroatoms. The molecule has 194 valence electrons. The summed E-state index contributed by atoms with van der Waals surface area (Å²) in [5.41, 5.74) is 3.29. The highest BCUT2D eigenvalue weighted by atomic mass is 16.7. The number of nitrogens with zero attached hydrogens (tertiary/aromatic N) is 2. The van der Waals surface area contributed by atoms with Crippen molar-refractivity contribution in [2.45, 2.75) is 45.8 Å². The third kappa shape index (κ3) is 8.39. The van der Waals surface area contributed by atoms with Gasteiger partial charge in [-0.05, 0) is 76.5 Å². The Kier molecular flexibility index (Phi) is 9.50. The summed E-state index contributed by atoms with van der Waals surface area (Å²) in [4.78, 5) is 34.8. The first kappa shape index (κ1) is 27.2. The number of H-pyrrole nitrogens is 1. The summed E-state index contributed by atoms with van der Waals surface area (Å²) in [6.07, 6.45) is 2.70. The Bertz CT molecular complexity index is 1130. The largest absolute Gasteiger partial charge is 0.497 e. The number of hydrogen-bond acceptors (Lipinski definition) is 5. The maximum Gasteiger partial charge on any atom is 0.267 e. The highest BCUT2D eigenvalue weighted by Crippen LogP contribution is 2.21. The number of carbonyl (C=O) groups excluding carboxylic acids is 2. The van der Waals surface area contributed by atoms with Gasteiger partial charge >= 0.3 is 0 Å². The molecule has 3 rings (SSSR count). The van der Waals surface area contributed by atoms with Crippen molar-refractivity contribution in [3.05, 3.63) is 65.4 Å². The number of carbonyl (C=O) groups is 2. The number of benzene rings is 2. The van der Waals surface area contributed by atoms with Gasteiger partial charge in [-0.15, -0.1) is 0 Å². The fraction of sp³-hybridized carbons (Fsp3) is 0.429. The van der Waals surface area contributed by atoms with Gasteiger partial charge in [-0.3, -0.25) is 14.4 Å². The number of hydrogen-bond donors (Lipinski definition) is 2. The van der Waals surface area contributed by atoms with Gasteiger partial charge in [0.25, 0.3) is 5.91 Å². The molecule has 0 unspecified atom stereocenters. The molecule has 0 radical (unpaired) electrons. The van der Waals surface area contributed by atoms with Crippen molar-refractivity contribution >= 4 is 23.2 Å². The van der Waals surface area contributed by atoms with Crippen molar-refractivity contribution in [2.24, 2.45) is 0 Å². The van der Waals surface area contributed by atoms with E-state index in [2.05, 4.69) is 34.4 Å². The first-order chi connectivity index (χ1) is 17.2. The Morgan fingerprint density at radius 3 is 2.44 bits per heavy atom. The third-order valence-corrected chi connectivity index (χ3v) is 5.73. The number of aromatic nitrogens is 1. The number of methoxy groups -OCH3 is 1. The van der Waals surface area contributed by atoms with E-state index in [1.54, 1.807) is 7.11 Å². The molecule has 0 saturated heterocycles. The topological polar surface area (TPSA) is 86.9 Å². The molecule has 0 aliphatic rings. The van der Waals surface area contributed by atoms with Crippen molar-refractivity contribution in [1.82, 2.24) is 20.3 Å². The number of ether oxygens (including phenoxy) is 1. The lowest BCUT2D eigenvalue weighted by Gasteiger charge is -2.26. The second kappa shape index (κ2) is 12.6. The molecule has 0 spiro atoms. The molecule has 36 heavy (non-hydrogen) atoms. The molecule has 8 nitrogen and oxygen atoms in total. The standard InChI is InChI=1S/C28H38N4O4/c1-28(2,3)36-32(20-33)19-22-10-8-21(9-11-22)7-6-15-31(4)16-14-29-27(34)26-17-23-12-13-24(35-5)18-25(23)30-26/h8-13,17-18,20,30H,6-7,14-16,19H2,1-5H3,(H,29,34). The molecule has 1 aromatic heterocycles. The fourth-order valence-corrected chi connectivity index (χ4v) is 3.91. The van der Waals surface area contributed by atoms with Crippen LogP contribution in [0.1, 0.15) is 48.8 Å². The van der Waals surface area contributed by atoms with Crippen LogP contribution in [0.2, 0.25) is 0 Å². The monoisotopic (exact) mass is 494 g/mol. The Morgan fingerprint density at radius 1 is 1.06 bits per heavy atom. The summed E-state index contributed by atoms with van der Waals surface area (Å²) in [6, 6.07) is 15.8. The number of fused-ring (bicyclic) bond motifs is 1. The van der Waals surface area contributed by atoms with E-state index < -0.39 is 5.60 Å². The first-order valence-corrected chi connectivity index (χ1v) is 12.3. The normalized spacial score (nSPS) is 11.6. The van der Waals surface area contributed by atoms with Crippen LogP contribution < -0.4 is 10.1 Å². The summed E-state index contributed by atoms with van der Waals surface area (Å²) < 4.78 is 5.24. The van der Waals surface area contributed by atoms with E-state index in [9.17, 15) is 9.59 Å². The molecule has 1 heterocycles. The molecule has 0 fully saturated rings. The average Bonchev–Trinajstić information content (AvgIpc) is 3.27. The van der Waals surface area contributed by atoms with Crippen LogP contribution in [0.15, 0.2) is 48.5 Å². The highest BCUT2D eigenvalue weighted by molar-refractivity contribution is 5.98. The summed E-state index contributed by atoms with van der Waals surface area (Å²) in [7, 11) is 3.69. The van der Waals surface area contributed by atoms with Crippen molar-refractivity contribution in [1.29, 1.82) is 0 Å². The van der Waals surface area contributed by atoms with Crippen molar-refractivity contribution < 1.29 is 19.2 Å². The fourth-order valence-electron chi connectivity index (χ4n) is 3.91. The van der Waals surface area contributed by atoms with E-state index in [1.165, 1.54) is 10.6 Å². The SMILES string of the molecule is COc1ccc2cc(C(=O)NCCN(C)CCCc3ccc(CN(C=O)OC(C)(C)C)cc3)[nH]c2c1. The smallest absolute Gasteiger partial charge is 0.267 e. The lowest BCUT2D eigenvalue weighted by Crippen LogP contribution is -2.33. The predicted octanol–water partition coefficient (Wildman–Crippen LogP) is 4.16. The summed E-state index contributed by atoms with van der Waals surface area (Å²) in [5, 5.41) is 5.29. The molecule has 2 N–H and O–H groups in total. The number of rotatable bonds is 13. The van der Waals surface area contributed by atoms with Gasteiger partial charge in [-0.1, -0.05) is 24.3 Å². The van der Waals surface area contributed by atoms with Crippen LogP contribution in [0.4, 0.5) is 0 Å². The number of nitrogens with one attached hydrogen (secondary N) is 2. The molecule has 0 bridgehead atoms. The van der Waals surface area contributed by atoms with Crippen molar-refractivity contribution in [2.75, 3.05) is 33.8 Å². The van der Waals surface area contributed by atoms with E-state index in [0.29, 0.717) is 18.8 Å². The van der Waals surface area contributed by atoms with Crippen LogP contribution in [0.5, 0.6) is 5.75 Å². The molecule has 2 amide bonds. The van der Waals surface area contributed by atoms with Crippen LogP contribution in [0.25, 0.3) is 10.9 Å². The maximum atomic E-state index is 12.5. The minimum absolute atomic E-state index is 0.111. The molecule has 3 aromatic rings. The van der Waals surface area contributed by atoms with Gasteiger partial charge in [0.15, 0.2) is 0 Å². The average molecular weight is 495 g/mol. The quantitative estimate of drug-likeness (QED) is 0.275. The number of aryl methyl sites for hydroxylation is 1. The summed E-state index contributed by atoms with van der Waals surface area (Å²) >= 11 is 0. The van der Waals surface area contributed by atoms with Gasteiger partial charge in [-0.2, -0.15) is 0 Å². The molecule has 2 aromatic carbocycles. The van der Waals surface area contributed by atoms with Gasteiger partial charge < -0.3 is 19.9 Å². The minimum Gasteiger partial charge on any atom is -0.497 e. The number of hydroxylamine groups is 2. The lowest BCUT2D eigenvalue weighted by molar-refractivity contribution is -0.220. The number of likely N-dealkylation sites (N-methyl/N-ethyl adjacent to an activating group) is 1. The zero-order chi connectivity index (χ0) is 26.1. The van der Waals surface area contributed by atoms with E-state index in [-0.39, 0.29) is 5.91 Å². The maximum absolute atomic E-state index is 12.5. The van der Waals surface area contributed by atoms with Gasteiger partial charge in [0.05, 0.1) is 19.3 Å². The van der Waals surface area contributed by atoms with Crippen LogP contribution in [0, 0.1) is 0 Å². The molecular weight excluding hydrogens is 456 g/mol. The van der Waals surface area contributed by atoms with Crippen molar-refractivity contribution in [3.8, 4) is 5.75 Å². The Morgan fingerprint density at radius 2 is 1.78 bits per heavy atom. The van der Waals surface area contributed by atoms with Crippen LogP contribution in [-0.2, 0) is 22.6 Å². The molecule has 0 aliphatic carbocycles. The first-order valence-electron chi connectivity index (χ1n) is 12.3. The lowest BCUT2D eigenvalue weighted by atomic mass is 10.1. The molecule has 0 saturated carbocycles. The van der Waals surface area contributed by atoms with Crippen LogP contribution >= 0.6 is 0 Å². The van der Waals surface area contributed by atoms with Crippen LogP contribution in [-0.4, -0.2) is 66.7 Å². The van der Waals surface area contributed by atoms with Gasteiger partial charge in [0, 0.05) is 30.1 Å². The van der Waals surface area contributed by atoms with E-state index in [4.69, 9.17) is 9.57 Å². The zero-order valence-corrected chi connectivity index (χ0v) is 22.0. The molecular formula is C28H38N4O4. The Balaban J connectivity index is 1.36. The van der Waals surface area contributed by atoms with Gasteiger partial charge in [-0.25, -0.2) is 5.06 Å². The van der Waals surface area contributed by atoms with Crippen molar-refractivity contribution in [3.63, 3.8) is 0 Å². The Hall–Kier alpha value is -3.36. The number of amides is 2. The zero-order valence-electron chi connectivity index (χ0n) is 22.0. The highest BCUT2D eigenvalue weighted by Gasteiger charge is 2.16.